The molecule has 0 radical (unpaired) electrons. The van der Waals surface area contributed by atoms with E-state index in [2.05, 4.69) is 0 Å². The molecule has 3 aromatic rings. The van der Waals surface area contributed by atoms with Gasteiger partial charge in [0.05, 0.1) is 16.1 Å². The number of aliphatic carboxylic acids is 1. The number of rotatable bonds is 5. The third kappa shape index (κ3) is 4.38. The molecule has 33 heavy (non-hydrogen) atoms. The molecule has 2 aromatic carbocycles. The van der Waals surface area contributed by atoms with E-state index in [-0.39, 0.29) is 41.9 Å². The van der Waals surface area contributed by atoms with Crippen LogP contribution in [0.25, 0.3) is 10.2 Å². The van der Waals surface area contributed by atoms with E-state index < -0.39 is 5.97 Å². The molecule has 1 amide bonds. The van der Waals surface area contributed by atoms with Gasteiger partial charge in [0.1, 0.15) is 10.8 Å². The number of thiazole rings is 1. The number of aromatic nitrogens is 1. The fraction of sp³-hybridized carbons (Fsp3) is 0.423. The van der Waals surface area contributed by atoms with Crippen molar-refractivity contribution in [2.24, 2.45) is 11.8 Å². The highest BCUT2D eigenvalue weighted by Crippen LogP contribution is 2.41. The molecule has 1 aliphatic carbocycles. The van der Waals surface area contributed by atoms with Crippen LogP contribution >= 0.6 is 11.3 Å². The molecular weight excluding hydrogens is 439 g/mol. The molecule has 7 heteroatoms. The number of fused-ring (bicyclic) bond motifs is 2. The number of nitrogens with zero attached hydrogens (tertiary/aromatic N) is 2. The minimum absolute atomic E-state index is 0.00895. The number of carboxylic acid groups (broad SMARTS) is 1. The van der Waals surface area contributed by atoms with E-state index >= 15 is 0 Å². The van der Waals surface area contributed by atoms with Crippen LogP contribution in [-0.4, -0.2) is 39.5 Å². The van der Waals surface area contributed by atoms with Gasteiger partial charge in [0, 0.05) is 24.9 Å². The van der Waals surface area contributed by atoms with Crippen molar-refractivity contribution in [2.75, 3.05) is 6.54 Å². The Bertz CT molecular complexity index is 1130. The van der Waals surface area contributed by atoms with Crippen molar-refractivity contribution in [3.63, 3.8) is 0 Å². The van der Waals surface area contributed by atoms with Crippen LogP contribution in [-0.2, 0) is 9.59 Å². The third-order valence-electron chi connectivity index (χ3n) is 7.28. The summed E-state index contributed by atoms with van der Waals surface area (Å²) >= 11 is 1.57. The van der Waals surface area contributed by atoms with Gasteiger partial charge in [-0.25, -0.2) is 9.37 Å². The first-order valence-electron chi connectivity index (χ1n) is 11.6. The smallest absolute Gasteiger partial charge is 0.306 e. The van der Waals surface area contributed by atoms with E-state index in [9.17, 15) is 19.1 Å². The van der Waals surface area contributed by atoms with Gasteiger partial charge in [0.2, 0.25) is 5.91 Å². The number of carbonyl (C=O) groups excluding carboxylic acids is 1. The second kappa shape index (κ2) is 9.21. The fourth-order valence-electron chi connectivity index (χ4n) is 5.64. The highest BCUT2D eigenvalue weighted by Gasteiger charge is 2.44. The zero-order valence-corrected chi connectivity index (χ0v) is 19.1. The summed E-state index contributed by atoms with van der Waals surface area (Å²) in [5.74, 6) is -1.62. The molecule has 1 aromatic heterocycles. The first-order chi connectivity index (χ1) is 16.0. The summed E-state index contributed by atoms with van der Waals surface area (Å²) in [6, 6.07) is 14.2. The summed E-state index contributed by atoms with van der Waals surface area (Å²) < 4.78 is 14.7. The normalized spacial score (nSPS) is 23.8. The molecule has 1 N–H and O–H groups in total. The van der Waals surface area contributed by atoms with Crippen LogP contribution in [0, 0.1) is 17.7 Å². The number of piperidine rings is 1. The molecule has 1 saturated carbocycles. The monoisotopic (exact) mass is 466 g/mol. The minimum Gasteiger partial charge on any atom is -0.481 e. The molecular formula is C26H27FN2O3S. The van der Waals surface area contributed by atoms with Crippen LogP contribution in [0.15, 0.2) is 48.5 Å². The second-order valence-electron chi connectivity index (χ2n) is 9.16. The van der Waals surface area contributed by atoms with E-state index in [1.807, 2.05) is 29.2 Å². The summed E-state index contributed by atoms with van der Waals surface area (Å²) in [6.07, 6.45) is 4.53. The lowest BCUT2D eigenvalue weighted by Gasteiger charge is -2.47. The van der Waals surface area contributed by atoms with Crippen LogP contribution in [0.4, 0.5) is 4.39 Å². The minimum atomic E-state index is -0.738. The summed E-state index contributed by atoms with van der Waals surface area (Å²) in [7, 11) is 0. The number of benzene rings is 2. The maximum atomic E-state index is 13.6. The number of hydrogen-bond donors (Lipinski definition) is 1. The number of para-hydroxylation sites is 1. The Balaban J connectivity index is 1.44. The average Bonchev–Trinajstić information content (AvgIpc) is 3.26. The van der Waals surface area contributed by atoms with Gasteiger partial charge in [-0.05, 0) is 55.0 Å². The summed E-state index contributed by atoms with van der Waals surface area (Å²) in [5.41, 5.74) is 1.76. The maximum absolute atomic E-state index is 13.6. The first-order valence-corrected chi connectivity index (χ1v) is 12.5. The number of halogens is 1. The molecule has 2 aliphatic rings. The van der Waals surface area contributed by atoms with Crippen molar-refractivity contribution in [3.05, 3.63) is 64.9 Å². The van der Waals surface area contributed by atoms with Gasteiger partial charge < -0.3 is 10.0 Å². The zero-order chi connectivity index (χ0) is 22.9. The van der Waals surface area contributed by atoms with Gasteiger partial charge >= 0.3 is 5.97 Å². The summed E-state index contributed by atoms with van der Waals surface area (Å²) in [4.78, 5) is 32.2. The quantitative estimate of drug-likeness (QED) is 0.543. The lowest BCUT2D eigenvalue weighted by Crippen LogP contribution is -2.54. The van der Waals surface area contributed by atoms with E-state index in [0.717, 1.165) is 46.5 Å². The Kier molecular flexibility index (Phi) is 6.15. The summed E-state index contributed by atoms with van der Waals surface area (Å²) in [6.45, 7) is 0.479. The molecule has 0 bridgehead atoms. The number of amides is 1. The standard InChI is InChI=1S/C26H27FN2O3S/c27-17-11-9-16(10-12-17)20(25-28-21-6-2-4-8-23(21)33-25)15-24(30)29-14-13-19(26(31)32)18-5-1-3-7-22(18)29/h2,4,6,8-12,18-20,22H,1,3,5,7,13-15H2,(H,31,32). The second-order valence-corrected chi connectivity index (χ2v) is 10.2. The van der Waals surface area contributed by atoms with Crippen LogP contribution in [0.2, 0.25) is 0 Å². The molecule has 2 heterocycles. The number of carbonyl (C=O) groups is 2. The van der Waals surface area contributed by atoms with Crippen molar-refractivity contribution in [2.45, 2.75) is 50.5 Å². The summed E-state index contributed by atoms with van der Waals surface area (Å²) in [5, 5.41) is 10.5. The predicted octanol–water partition coefficient (Wildman–Crippen LogP) is 5.45. The molecule has 1 aliphatic heterocycles. The lowest BCUT2D eigenvalue weighted by atomic mass is 9.71. The zero-order valence-electron chi connectivity index (χ0n) is 18.3. The molecule has 172 valence electrons. The largest absolute Gasteiger partial charge is 0.481 e. The topological polar surface area (TPSA) is 70.5 Å². The van der Waals surface area contributed by atoms with Crippen molar-refractivity contribution in [1.29, 1.82) is 0 Å². The van der Waals surface area contributed by atoms with Gasteiger partial charge in [-0.3, -0.25) is 9.59 Å². The van der Waals surface area contributed by atoms with Crippen molar-refractivity contribution < 1.29 is 19.1 Å². The Hall–Kier alpha value is -2.80. The van der Waals surface area contributed by atoms with Crippen LogP contribution < -0.4 is 0 Å². The Morgan fingerprint density at radius 3 is 2.61 bits per heavy atom. The van der Waals surface area contributed by atoms with Gasteiger partial charge in [-0.2, -0.15) is 0 Å². The molecule has 1 saturated heterocycles. The number of carboxylic acids is 1. The molecule has 4 unspecified atom stereocenters. The van der Waals surface area contributed by atoms with E-state index in [1.54, 1.807) is 23.5 Å². The Morgan fingerprint density at radius 1 is 1.09 bits per heavy atom. The Labute approximate surface area is 196 Å². The van der Waals surface area contributed by atoms with Gasteiger partial charge in [-0.15, -0.1) is 11.3 Å². The molecule has 5 rings (SSSR count). The highest BCUT2D eigenvalue weighted by atomic mass is 32.1. The molecule has 4 atom stereocenters. The van der Waals surface area contributed by atoms with Crippen LogP contribution in [0.3, 0.4) is 0 Å². The van der Waals surface area contributed by atoms with Gasteiger partial charge in [0.15, 0.2) is 0 Å². The number of likely N-dealkylation sites (tertiary alicyclic amines) is 1. The predicted molar refractivity (Wildman–Crippen MR) is 126 cm³/mol. The van der Waals surface area contributed by atoms with E-state index in [4.69, 9.17) is 4.98 Å². The molecule has 0 spiro atoms. The average molecular weight is 467 g/mol. The van der Waals surface area contributed by atoms with E-state index in [0.29, 0.717) is 13.0 Å². The SMILES string of the molecule is O=C(O)C1CCN(C(=O)CC(c2ccc(F)cc2)c2nc3ccccc3s2)C2CCCCC12. The van der Waals surface area contributed by atoms with Crippen molar-refractivity contribution in [1.82, 2.24) is 9.88 Å². The molecule has 5 nitrogen and oxygen atoms in total. The Morgan fingerprint density at radius 2 is 1.85 bits per heavy atom. The fourth-order valence-corrected chi connectivity index (χ4v) is 6.74. The number of hydrogen-bond acceptors (Lipinski definition) is 4. The van der Waals surface area contributed by atoms with Crippen LogP contribution in [0.5, 0.6) is 0 Å². The van der Waals surface area contributed by atoms with Gasteiger partial charge in [0.25, 0.3) is 0 Å². The van der Waals surface area contributed by atoms with Crippen LogP contribution in [0.1, 0.15) is 55.0 Å². The van der Waals surface area contributed by atoms with Crippen molar-refractivity contribution >= 4 is 33.4 Å². The third-order valence-corrected chi connectivity index (χ3v) is 8.43. The van der Waals surface area contributed by atoms with E-state index in [1.165, 1.54) is 12.1 Å². The first kappa shape index (κ1) is 22.0. The highest BCUT2D eigenvalue weighted by molar-refractivity contribution is 7.18. The maximum Gasteiger partial charge on any atom is 0.306 e. The van der Waals surface area contributed by atoms with Crippen molar-refractivity contribution in [3.8, 4) is 0 Å². The molecule has 2 fully saturated rings. The van der Waals surface area contributed by atoms with Gasteiger partial charge in [-0.1, -0.05) is 37.1 Å². The lowest BCUT2D eigenvalue weighted by molar-refractivity contribution is -0.153.